The number of hydrogen-bond acceptors (Lipinski definition) is 6. The lowest BCUT2D eigenvalue weighted by Gasteiger charge is -2.12. The summed E-state index contributed by atoms with van der Waals surface area (Å²) in [4.78, 5) is 19.0. The summed E-state index contributed by atoms with van der Waals surface area (Å²) in [5, 5.41) is 6.80. The highest BCUT2D eigenvalue weighted by Gasteiger charge is 2.20. The lowest BCUT2D eigenvalue weighted by molar-refractivity contribution is 0.0901. The van der Waals surface area contributed by atoms with Crippen molar-refractivity contribution in [3.05, 3.63) is 35.4 Å². The number of nitrogens with one attached hydrogen (secondary N) is 1. The Bertz CT molecular complexity index is 701. The standard InChI is InChI=1S/C18H26N4O3/c1-12(2)10-16-20-18(25-21-16)13(3)19-17(23)15-7-6-14(24-15)11-22-8-4-5-9-22/h6-7,12-13H,4-5,8-11H2,1-3H3,(H,19,23)/t13-/m1/s1. The molecule has 2 aromatic rings. The topological polar surface area (TPSA) is 84.4 Å². The maximum Gasteiger partial charge on any atom is 0.287 e. The summed E-state index contributed by atoms with van der Waals surface area (Å²) in [5.74, 6) is 2.38. The highest BCUT2D eigenvalue weighted by Crippen LogP contribution is 2.17. The minimum atomic E-state index is -0.368. The van der Waals surface area contributed by atoms with E-state index in [1.165, 1.54) is 12.8 Å². The average molecular weight is 346 g/mol. The molecule has 1 aliphatic heterocycles. The molecule has 1 aliphatic rings. The van der Waals surface area contributed by atoms with Crippen molar-refractivity contribution in [3.63, 3.8) is 0 Å². The number of amides is 1. The van der Waals surface area contributed by atoms with Crippen LogP contribution in [0.4, 0.5) is 0 Å². The Kier molecular flexibility index (Phi) is 5.53. The van der Waals surface area contributed by atoms with Gasteiger partial charge < -0.3 is 14.3 Å². The molecule has 7 nitrogen and oxygen atoms in total. The average Bonchev–Trinajstić information content (AvgIpc) is 3.28. The van der Waals surface area contributed by atoms with E-state index in [9.17, 15) is 4.79 Å². The van der Waals surface area contributed by atoms with E-state index in [1.54, 1.807) is 6.07 Å². The molecule has 1 saturated heterocycles. The van der Waals surface area contributed by atoms with Gasteiger partial charge >= 0.3 is 0 Å². The van der Waals surface area contributed by atoms with Gasteiger partial charge in [0.2, 0.25) is 5.89 Å². The number of carbonyl (C=O) groups is 1. The van der Waals surface area contributed by atoms with Crippen LogP contribution in [0.5, 0.6) is 0 Å². The second-order valence-electron chi connectivity index (χ2n) is 7.09. The number of rotatable bonds is 7. The van der Waals surface area contributed by atoms with E-state index >= 15 is 0 Å². The predicted octanol–water partition coefficient (Wildman–Crippen LogP) is 2.95. The van der Waals surface area contributed by atoms with Crippen molar-refractivity contribution in [1.29, 1.82) is 0 Å². The quantitative estimate of drug-likeness (QED) is 0.830. The summed E-state index contributed by atoms with van der Waals surface area (Å²) >= 11 is 0. The second kappa shape index (κ2) is 7.82. The van der Waals surface area contributed by atoms with Gasteiger partial charge in [0.1, 0.15) is 11.8 Å². The van der Waals surface area contributed by atoms with E-state index in [0.717, 1.165) is 31.8 Å². The van der Waals surface area contributed by atoms with E-state index in [-0.39, 0.29) is 11.9 Å². The molecule has 0 aromatic carbocycles. The van der Waals surface area contributed by atoms with Gasteiger partial charge in [0, 0.05) is 6.42 Å². The van der Waals surface area contributed by atoms with Gasteiger partial charge in [-0.05, 0) is 50.9 Å². The van der Waals surface area contributed by atoms with Gasteiger partial charge in [-0.1, -0.05) is 19.0 Å². The normalized spacial score (nSPS) is 16.5. The number of nitrogens with zero attached hydrogens (tertiary/aromatic N) is 3. The molecule has 3 rings (SSSR count). The predicted molar refractivity (Wildman–Crippen MR) is 91.9 cm³/mol. The highest BCUT2D eigenvalue weighted by atomic mass is 16.5. The van der Waals surface area contributed by atoms with Crippen molar-refractivity contribution in [1.82, 2.24) is 20.4 Å². The molecule has 136 valence electrons. The van der Waals surface area contributed by atoms with Crippen molar-refractivity contribution in [2.24, 2.45) is 5.92 Å². The Balaban J connectivity index is 1.56. The van der Waals surface area contributed by atoms with Gasteiger partial charge in [0.15, 0.2) is 11.6 Å². The van der Waals surface area contributed by atoms with Crippen LogP contribution >= 0.6 is 0 Å². The molecule has 0 saturated carbocycles. The maximum absolute atomic E-state index is 12.4. The molecule has 0 bridgehead atoms. The smallest absolute Gasteiger partial charge is 0.287 e. The van der Waals surface area contributed by atoms with Crippen LogP contribution in [0.2, 0.25) is 0 Å². The molecule has 1 atom stereocenters. The summed E-state index contributed by atoms with van der Waals surface area (Å²) in [7, 11) is 0. The zero-order valence-electron chi connectivity index (χ0n) is 15.1. The van der Waals surface area contributed by atoms with Gasteiger partial charge in [-0.25, -0.2) is 0 Å². The third-order valence-electron chi connectivity index (χ3n) is 4.26. The molecular formula is C18H26N4O3. The van der Waals surface area contributed by atoms with Gasteiger partial charge in [-0.2, -0.15) is 4.98 Å². The molecule has 3 heterocycles. The van der Waals surface area contributed by atoms with Crippen molar-refractivity contribution < 1.29 is 13.7 Å². The van der Waals surface area contributed by atoms with Crippen LogP contribution in [0.15, 0.2) is 21.1 Å². The van der Waals surface area contributed by atoms with Crippen molar-refractivity contribution in [2.75, 3.05) is 13.1 Å². The van der Waals surface area contributed by atoms with Crippen LogP contribution in [0.1, 0.15) is 67.7 Å². The largest absolute Gasteiger partial charge is 0.455 e. The minimum absolute atomic E-state index is 0.274. The first-order chi connectivity index (χ1) is 12.0. The van der Waals surface area contributed by atoms with E-state index < -0.39 is 0 Å². The van der Waals surface area contributed by atoms with E-state index in [0.29, 0.717) is 23.4 Å². The van der Waals surface area contributed by atoms with Crippen LogP contribution in [-0.4, -0.2) is 34.0 Å². The van der Waals surface area contributed by atoms with Gasteiger partial charge in [-0.15, -0.1) is 0 Å². The van der Waals surface area contributed by atoms with E-state index in [2.05, 4.69) is 34.2 Å². The number of furan rings is 1. The fourth-order valence-electron chi connectivity index (χ4n) is 2.97. The van der Waals surface area contributed by atoms with E-state index in [1.807, 2.05) is 13.0 Å². The molecule has 7 heteroatoms. The first-order valence-corrected chi connectivity index (χ1v) is 8.95. The van der Waals surface area contributed by atoms with Gasteiger partial charge in [0.05, 0.1) is 6.54 Å². The minimum Gasteiger partial charge on any atom is -0.455 e. The van der Waals surface area contributed by atoms with Crippen molar-refractivity contribution in [3.8, 4) is 0 Å². The summed E-state index contributed by atoms with van der Waals surface area (Å²) in [6.45, 7) is 8.95. The summed E-state index contributed by atoms with van der Waals surface area (Å²) in [6.07, 6.45) is 3.21. The molecule has 25 heavy (non-hydrogen) atoms. The Labute approximate surface area is 147 Å². The fraction of sp³-hybridized carbons (Fsp3) is 0.611. The van der Waals surface area contributed by atoms with Crippen LogP contribution in [0.3, 0.4) is 0 Å². The number of likely N-dealkylation sites (tertiary alicyclic amines) is 1. The molecule has 1 N–H and O–H groups in total. The molecule has 0 unspecified atom stereocenters. The number of hydrogen-bond donors (Lipinski definition) is 1. The molecule has 0 aliphatic carbocycles. The number of aromatic nitrogens is 2. The first-order valence-electron chi connectivity index (χ1n) is 8.95. The lowest BCUT2D eigenvalue weighted by atomic mass is 10.1. The number of carbonyl (C=O) groups excluding carboxylic acids is 1. The van der Waals surface area contributed by atoms with Crippen LogP contribution in [0.25, 0.3) is 0 Å². The highest BCUT2D eigenvalue weighted by molar-refractivity contribution is 5.91. The third-order valence-corrected chi connectivity index (χ3v) is 4.26. The first kappa shape index (κ1) is 17.7. The van der Waals surface area contributed by atoms with Crippen molar-refractivity contribution >= 4 is 5.91 Å². The molecule has 1 fully saturated rings. The monoisotopic (exact) mass is 346 g/mol. The van der Waals surface area contributed by atoms with Gasteiger partial charge in [0.25, 0.3) is 5.91 Å². The van der Waals surface area contributed by atoms with Gasteiger partial charge in [-0.3, -0.25) is 9.69 Å². The van der Waals surface area contributed by atoms with Crippen LogP contribution in [-0.2, 0) is 13.0 Å². The Hall–Kier alpha value is -2.15. The molecular weight excluding hydrogens is 320 g/mol. The molecule has 0 radical (unpaired) electrons. The molecule has 1 amide bonds. The van der Waals surface area contributed by atoms with E-state index in [4.69, 9.17) is 8.94 Å². The second-order valence-corrected chi connectivity index (χ2v) is 7.09. The maximum atomic E-state index is 12.4. The zero-order valence-corrected chi connectivity index (χ0v) is 15.1. The Morgan fingerprint density at radius 3 is 2.76 bits per heavy atom. The van der Waals surface area contributed by atoms with Crippen LogP contribution < -0.4 is 5.32 Å². The summed E-state index contributed by atoms with van der Waals surface area (Å²) in [5.41, 5.74) is 0. The SMILES string of the molecule is CC(C)Cc1noc([C@@H](C)NC(=O)c2ccc(CN3CCCC3)o2)n1. The third kappa shape index (κ3) is 4.69. The fourth-order valence-corrected chi connectivity index (χ4v) is 2.97. The van der Waals surface area contributed by atoms with Crippen molar-refractivity contribution in [2.45, 2.75) is 52.6 Å². The summed E-state index contributed by atoms with van der Waals surface area (Å²) < 4.78 is 10.9. The molecule has 2 aromatic heterocycles. The Morgan fingerprint density at radius 2 is 2.04 bits per heavy atom. The van der Waals surface area contributed by atoms with Crippen LogP contribution in [0, 0.1) is 5.92 Å². The molecule has 0 spiro atoms. The lowest BCUT2D eigenvalue weighted by Crippen LogP contribution is -2.26. The summed E-state index contributed by atoms with van der Waals surface area (Å²) in [6, 6.07) is 3.21. The Morgan fingerprint density at radius 1 is 1.28 bits per heavy atom. The zero-order chi connectivity index (χ0) is 17.8.